The third-order valence-electron chi connectivity index (χ3n) is 2.69. The SMILES string of the molecule is CCC1CC(C)CC1OC. The van der Waals surface area contributed by atoms with Crippen LogP contribution in [-0.2, 0) is 4.74 Å². The molecule has 0 N–H and O–H groups in total. The monoisotopic (exact) mass is 142 g/mol. The maximum absolute atomic E-state index is 5.39. The molecule has 0 spiro atoms. The lowest BCUT2D eigenvalue weighted by Gasteiger charge is -2.14. The Labute approximate surface area is 63.8 Å². The Kier molecular flexibility index (Phi) is 2.72. The molecule has 60 valence electrons. The molecule has 1 heteroatoms. The molecule has 1 aliphatic rings. The largest absolute Gasteiger partial charge is 0.381 e. The minimum absolute atomic E-state index is 0.556. The van der Waals surface area contributed by atoms with Crippen LogP contribution in [0.25, 0.3) is 0 Å². The van der Waals surface area contributed by atoms with Crippen molar-refractivity contribution < 1.29 is 4.74 Å². The van der Waals surface area contributed by atoms with Gasteiger partial charge in [-0.15, -0.1) is 0 Å². The summed E-state index contributed by atoms with van der Waals surface area (Å²) >= 11 is 0. The maximum atomic E-state index is 5.39. The summed E-state index contributed by atoms with van der Waals surface area (Å²) in [4.78, 5) is 0. The van der Waals surface area contributed by atoms with E-state index in [0.717, 1.165) is 11.8 Å². The van der Waals surface area contributed by atoms with Gasteiger partial charge in [-0.25, -0.2) is 0 Å². The van der Waals surface area contributed by atoms with Gasteiger partial charge in [-0.3, -0.25) is 0 Å². The maximum Gasteiger partial charge on any atom is 0.0602 e. The molecular formula is C9H18O. The Bertz CT molecular complexity index is 88.9. The topological polar surface area (TPSA) is 9.23 Å². The van der Waals surface area contributed by atoms with E-state index in [1.54, 1.807) is 0 Å². The first-order chi connectivity index (χ1) is 4.77. The molecule has 1 rings (SSSR count). The lowest BCUT2D eigenvalue weighted by atomic mass is 10.0. The van der Waals surface area contributed by atoms with Crippen molar-refractivity contribution in [3.63, 3.8) is 0 Å². The van der Waals surface area contributed by atoms with Crippen LogP contribution in [0.3, 0.4) is 0 Å². The van der Waals surface area contributed by atoms with Crippen LogP contribution in [0.4, 0.5) is 0 Å². The normalized spacial score (nSPS) is 40.5. The van der Waals surface area contributed by atoms with Crippen molar-refractivity contribution in [3.8, 4) is 0 Å². The molecule has 0 heterocycles. The minimum atomic E-state index is 0.556. The third kappa shape index (κ3) is 1.51. The highest BCUT2D eigenvalue weighted by molar-refractivity contribution is 4.80. The summed E-state index contributed by atoms with van der Waals surface area (Å²) in [5.74, 6) is 1.72. The molecule has 1 aliphatic carbocycles. The molecule has 0 aliphatic heterocycles. The van der Waals surface area contributed by atoms with Gasteiger partial charge in [0.25, 0.3) is 0 Å². The zero-order chi connectivity index (χ0) is 7.56. The van der Waals surface area contributed by atoms with E-state index in [9.17, 15) is 0 Å². The van der Waals surface area contributed by atoms with Gasteiger partial charge in [0.1, 0.15) is 0 Å². The lowest BCUT2D eigenvalue weighted by molar-refractivity contribution is 0.0687. The second-order valence-electron chi connectivity index (χ2n) is 3.52. The van der Waals surface area contributed by atoms with Gasteiger partial charge in [-0.05, 0) is 24.7 Å². The molecule has 1 fully saturated rings. The van der Waals surface area contributed by atoms with Crippen molar-refractivity contribution in [1.29, 1.82) is 0 Å². The van der Waals surface area contributed by atoms with E-state index in [-0.39, 0.29) is 0 Å². The van der Waals surface area contributed by atoms with Crippen LogP contribution in [0.2, 0.25) is 0 Å². The van der Waals surface area contributed by atoms with Gasteiger partial charge in [-0.2, -0.15) is 0 Å². The smallest absolute Gasteiger partial charge is 0.0602 e. The summed E-state index contributed by atoms with van der Waals surface area (Å²) in [6, 6.07) is 0. The highest BCUT2D eigenvalue weighted by Gasteiger charge is 2.30. The molecule has 3 unspecified atom stereocenters. The van der Waals surface area contributed by atoms with Gasteiger partial charge in [0.15, 0.2) is 0 Å². The molecule has 3 atom stereocenters. The predicted octanol–water partition coefficient (Wildman–Crippen LogP) is 2.46. The van der Waals surface area contributed by atoms with Crippen LogP contribution in [-0.4, -0.2) is 13.2 Å². The molecule has 1 nitrogen and oxygen atoms in total. The fourth-order valence-electron chi connectivity index (χ4n) is 2.07. The zero-order valence-corrected chi connectivity index (χ0v) is 7.26. The Morgan fingerprint density at radius 3 is 2.50 bits per heavy atom. The summed E-state index contributed by atoms with van der Waals surface area (Å²) in [5, 5.41) is 0. The predicted molar refractivity (Wildman–Crippen MR) is 43.0 cm³/mol. The summed E-state index contributed by atoms with van der Waals surface area (Å²) in [6.45, 7) is 4.58. The number of rotatable bonds is 2. The Morgan fingerprint density at radius 2 is 2.10 bits per heavy atom. The van der Waals surface area contributed by atoms with Gasteiger partial charge in [0, 0.05) is 7.11 Å². The van der Waals surface area contributed by atoms with Crippen LogP contribution in [0.5, 0.6) is 0 Å². The van der Waals surface area contributed by atoms with Gasteiger partial charge in [0.2, 0.25) is 0 Å². The van der Waals surface area contributed by atoms with Crippen LogP contribution >= 0.6 is 0 Å². The van der Waals surface area contributed by atoms with Crippen molar-refractivity contribution in [1.82, 2.24) is 0 Å². The number of hydrogen-bond donors (Lipinski definition) is 0. The number of hydrogen-bond acceptors (Lipinski definition) is 1. The van der Waals surface area contributed by atoms with Crippen LogP contribution in [0, 0.1) is 11.8 Å². The quantitative estimate of drug-likeness (QED) is 0.575. The average molecular weight is 142 g/mol. The molecule has 10 heavy (non-hydrogen) atoms. The standard InChI is InChI=1S/C9H18O/c1-4-8-5-7(2)6-9(8)10-3/h7-9H,4-6H2,1-3H3. The summed E-state index contributed by atoms with van der Waals surface area (Å²) in [6.07, 6.45) is 4.48. The highest BCUT2D eigenvalue weighted by atomic mass is 16.5. The molecule has 0 aromatic heterocycles. The summed E-state index contributed by atoms with van der Waals surface area (Å²) in [7, 11) is 1.84. The highest BCUT2D eigenvalue weighted by Crippen LogP contribution is 2.34. The van der Waals surface area contributed by atoms with Crippen molar-refractivity contribution in [3.05, 3.63) is 0 Å². The van der Waals surface area contributed by atoms with E-state index in [2.05, 4.69) is 13.8 Å². The third-order valence-corrected chi connectivity index (χ3v) is 2.69. The second kappa shape index (κ2) is 3.38. The van der Waals surface area contributed by atoms with Gasteiger partial charge in [0.05, 0.1) is 6.10 Å². The lowest BCUT2D eigenvalue weighted by Crippen LogP contribution is -2.14. The van der Waals surface area contributed by atoms with Crippen molar-refractivity contribution in [2.75, 3.05) is 7.11 Å². The molecule has 0 aromatic carbocycles. The number of ether oxygens (including phenoxy) is 1. The molecule has 0 aromatic rings. The first-order valence-corrected chi connectivity index (χ1v) is 4.30. The van der Waals surface area contributed by atoms with E-state index in [4.69, 9.17) is 4.74 Å². The van der Waals surface area contributed by atoms with Crippen LogP contribution < -0.4 is 0 Å². The van der Waals surface area contributed by atoms with Crippen molar-refractivity contribution >= 4 is 0 Å². The van der Waals surface area contributed by atoms with Crippen LogP contribution in [0.15, 0.2) is 0 Å². The first kappa shape index (κ1) is 8.06. The van der Waals surface area contributed by atoms with E-state index in [1.807, 2.05) is 7.11 Å². The first-order valence-electron chi connectivity index (χ1n) is 4.30. The van der Waals surface area contributed by atoms with Crippen LogP contribution in [0.1, 0.15) is 33.1 Å². The molecular weight excluding hydrogens is 124 g/mol. The molecule has 0 amide bonds. The molecule has 0 saturated heterocycles. The fraction of sp³-hybridized carbons (Fsp3) is 1.00. The Hall–Kier alpha value is -0.0400. The average Bonchev–Trinajstić information content (AvgIpc) is 2.30. The second-order valence-corrected chi connectivity index (χ2v) is 3.52. The Morgan fingerprint density at radius 1 is 1.40 bits per heavy atom. The molecule has 0 bridgehead atoms. The van der Waals surface area contributed by atoms with Crippen molar-refractivity contribution in [2.24, 2.45) is 11.8 Å². The van der Waals surface area contributed by atoms with E-state index >= 15 is 0 Å². The van der Waals surface area contributed by atoms with Crippen molar-refractivity contribution in [2.45, 2.75) is 39.2 Å². The Balaban J connectivity index is 2.41. The van der Waals surface area contributed by atoms with E-state index in [1.165, 1.54) is 19.3 Å². The number of methoxy groups -OCH3 is 1. The van der Waals surface area contributed by atoms with Gasteiger partial charge >= 0.3 is 0 Å². The van der Waals surface area contributed by atoms with Gasteiger partial charge < -0.3 is 4.74 Å². The zero-order valence-electron chi connectivity index (χ0n) is 7.26. The summed E-state index contributed by atoms with van der Waals surface area (Å²) in [5.41, 5.74) is 0. The van der Waals surface area contributed by atoms with E-state index in [0.29, 0.717) is 6.10 Å². The summed E-state index contributed by atoms with van der Waals surface area (Å²) < 4.78 is 5.39. The molecule has 0 radical (unpaired) electrons. The fourth-order valence-corrected chi connectivity index (χ4v) is 2.07. The minimum Gasteiger partial charge on any atom is -0.381 e. The molecule has 1 saturated carbocycles. The van der Waals surface area contributed by atoms with E-state index < -0.39 is 0 Å². The van der Waals surface area contributed by atoms with Gasteiger partial charge in [-0.1, -0.05) is 20.3 Å².